The topological polar surface area (TPSA) is 46.5 Å². The number of ether oxygens (including phenoxy) is 1. The van der Waals surface area contributed by atoms with Gasteiger partial charge < -0.3 is 9.84 Å². The molecule has 0 unspecified atom stereocenters. The zero-order valence-corrected chi connectivity index (χ0v) is 11.6. The van der Waals surface area contributed by atoms with Gasteiger partial charge in [0.2, 0.25) is 0 Å². The second-order valence-corrected chi connectivity index (χ2v) is 4.57. The number of ketones is 1. The number of phenolic OH excluding ortho intramolecular Hbond substituents is 1. The molecule has 0 spiro atoms. The predicted octanol–water partition coefficient (Wildman–Crippen LogP) is 3.95. The van der Waals surface area contributed by atoms with Crippen LogP contribution >= 0.6 is 11.6 Å². The summed E-state index contributed by atoms with van der Waals surface area (Å²) in [4.78, 5) is 11.9. The van der Waals surface area contributed by atoms with Crippen LogP contribution in [0.4, 0.5) is 0 Å². The van der Waals surface area contributed by atoms with E-state index >= 15 is 0 Å². The van der Waals surface area contributed by atoms with Crippen molar-refractivity contribution in [3.05, 3.63) is 64.7 Å². The van der Waals surface area contributed by atoms with Crippen molar-refractivity contribution in [2.75, 3.05) is 7.11 Å². The molecule has 0 saturated heterocycles. The maximum Gasteiger partial charge on any atom is 0.185 e. The number of aromatic hydroxyl groups is 1. The molecule has 3 nitrogen and oxygen atoms in total. The quantitative estimate of drug-likeness (QED) is 0.684. The van der Waals surface area contributed by atoms with Gasteiger partial charge in [-0.05, 0) is 48.6 Å². The van der Waals surface area contributed by atoms with Crippen LogP contribution in [0.3, 0.4) is 0 Å². The fourth-order valence-corrected chi connectivity index (χ4v) is 1.79. The molecule has 0 radical (unpaired) electrons. The van der Waals surface area contributed by atoms with Gasteiger partial charge in [0, 0.05) is 22.2 Å². The first-order chi connectivity index (χ1) is 9.60. The van der Waals surface area contributed by atoms with E-state index in [-0.39, 0.29) is 11.5 Å². The van der Waals surface area contributed by atoms with E-state index in [0.717, 1.165) is 0 Å². The lowest BCUT2D eigenvalue weighted by atomic mass is 10.1. The number of benzene rings is 2. The van der Waals surface area contributed by atoms with Gasteiger partial charge in [-0.25, -0.2) is 0 Å². The molecule has 0 aromatic heterocycles. The first kappa shape index (κ1) is 14.2. The smallest absolute Gasteiger partial charge is 0.185 e. The molecule has 2 aromatic carbocycles. The second-order valence-electron chi connectivity index (χ2n) is 4.13. The van der Waals surface area contributed by atoms with E-state index in [1.165, 1.54) is 19.3 Å². The molecule has 0 saturated carbocycles. The summed E-state index contributed by atoms with van der Waals surface area (Å²) in [5.41, 5.74) is 1.09. The molecule has 0 bridgehead atoms. The summed E-state index contributed by atoms with van der Waals surface area (Å²) in [5, 5.41) is 10.4. The first-order valence-corrected chi connectivity index (χ1v) is 6.33. The van der Waals surface area contributed by atoms with Gasteiger partial charge in [0.15, 0.2) is 5.78 Å². The van der Waals surface area contributed by atoms with E-state index in [0.29, 0.717) is 21.9 Å². The van der Waals surface area contributed by atoms with Crippen molar-refractivity contribution in [1.82, 2.24) is 0 Å². The minimum Gasteiger partial charge on any atom is -0.507 e. The summed E-state index contributed by atoms with van der Waals surface area (Å²) in [5.74, 6) is 0.463. The van der Waals surface area contributed by atoms with Gasteiger partial charge in [-0.1, -0.05) is 11.6 Å². The largest absolute Gasteiger partial charge is 0.507 e. The van der Waals surface area contributed by atoms with Gasteiger partial charge in [0.1, 0.15) is 11.5 Å². The number of hydrogen-bond donors (Lipinski definition) is 1. The highest BCUT2D eigenvalue weighted by Gasteiger charge is 2.03. The Balaban J connectivity index is 2.16. The van der Waals surface area contributed by atoms with Crippen molar-refractivity contribution >= 4 is 23.5 Å². The van der Waals surface area contributed by atoms with Gasteiger partial charge in [0.25, 0.3) is 0 Å². The summed E-state index contributed by atoms with van der Waals surface area (Å²) in [6.07, 6.45) is 2.97. The van der Waals surface area contributed by atoms with E-state index < -0.39 is 0 Å². The molecule has 0 fully saturated rings. The number of carbonyl (C=O) groups is 1. The van der Waals surface area contributed by atoms with E-state index in [1.54, 1.807) is 42.5 Å². The summed E-state index contributed by atoms with van der Waals surface area (Å²) >= 11 is 5.76. The number of carbonyl (C=O) groups excluding carboxylic acids is 1. The molecule has 0 aliphatic rings. The zero-order valence-electron chi connectivity index (χ0n) is 10.8. The molecule has 0 aliphatic heterocycles. The number of methoxy groups -OCH3 is 1. The molecule has 102 valence electrons. The summed E-state index contributed by atoms with van der Waals surface area (Å²) in [7, 11) is 1.52. The van der Waals surface area contributed by atoms with Crippen LogP contribution in [-0.2, 0) is 0 Å². The molecule has 2 rings (SSSR count). The lowest BCUT2D eigenvalue weighted by molar-refractivity contribution is 0.104. The number of hydrogen-bond acceptors (Lipinski definition) is 3. The van der Waals surface area contributed by atoms with Gasteiger partial charge in [0.05, 0.1) is 7.11 Å². The Morgan fingerprint density at radius 1 is 1.20 bits per heavy atom. The Morgan fingerprint density at radius 3 is 2.50 bits per heavy atom. The highest BCUT2D eigenvalue weighted by molar-refractivity contribution is 6.30. The van der Waals surface area contributed by atoms with Crippen molar-refractivity contribution < 1.29 is 14.6 Å². The number of rotatable bonds is 4. The Bertz CT molecular complexity index is 645. The van der Waals surface area contributed by atoms with Gasteiger partial charge in [-0.3, -0.25) is 4.79 Å². The lowest BCUT2D eigenvalue weighted by Crippen LogP contribution is -1.93. The second kappa shape index (κ2) is 6.26. The van der Waals surface area contributed by atoms with Crippen LogP contribution in [0.25, 0.3) is 6.08 Å². The van der Waals surface area contributed by atoms with Crippen molar-refractivity contribution in [2.24, 2.45) is 0 Å². The SMILES string of the molecule is COc1ccc(C=CC(=O)c2ccc(Cl)cc2)c(O)c1. The molecular weight excluding hydrogens is 276 g/mol. The van der Waals surface area contributed by atoms with E-state index in [1.807, 2.05) is 0 Å². The molecule has 1 N–H and O–H groups in total. The fraction of sp³-hybridized carbons (Fsp3) is 0.0625. The highest BCUT2D eigenvalue weighted by atomic mass is 35.5. The number of allylic oxidation sites excluding steroid dienone is 1. The van der Waals surface area contributed by atoms with Gasteiger partial charge in [-0.15, -0.1) is 0 Å². The molecule has 2 aromatic rings. The average molecular weight is 289 g/mol. The first-order valence-electron chi connectivity index (χ1n) is 5.95. The standard InChI is InChI=1S/C16H13ClO3/c1-20-14-8-4-12(16(19)10-14)5-9-15(18)11-2-6-13(17)7-3-11/h2-10,19H,1H3. The molecule has 0 aliphatic carbocycles. The Kier molecular flexibility index (Phi) is 4.43. The third-order valence-corrected chi connectivity index (χ3v) is 3.03. The van der Waals surface area contributed by atoms with Gasteiger partial charge >= 0.3 is 0 Å². The minimum absolute atomic E-state index is 0.0597. The summed E-state index contributed by atoms with van der Waals surface area (Å²) < 4.78 is 4.99. The van der Waals surface area contributed by atoms with Crippen LogP contribution in [0.2, 0.25) is 5.02 Å². The molecule has 20 heavy (non-hydrogen) atoms. The maximum absolute atomic E-state index is 11.9. The van der Waals surface area contributed by atoms with Gasteiger partial charge in [-0.2, -0.15) is 0 Å². The zero-order chi connectivity index (χ0) is 14.5. The summed E-state index contributed by atoms with van der Waals surface area (Å²) in [6.45, 7) is 0. The van der Waals surface area contributed by atoms with Crippen molar-refractivity contribution in [2.45, 2.75) is 0 Å². The van der Waals surface area contributed by atoms with Crippen molar-refractivity contribution in [3.8, 4) is 11.5 Å². The number of halogens is 1. The van der Waals surface area contributed by atoms with Crippen molar-refractivity contribution in [1.29, 1.82) is 0 Å². The Hall–Kier alpha value is -2.26. The number of phenols is 1. The van der Waals surface area contributed by atoms with E-state index in [2.05, 4.69) is 0 Å². The fourth-order valence-electron chi connectivity index (χ4n) is 1.67. The molecule has 0 atom stereocenters. The molecule has 4 heteroatoms. The van der Waals surface area contributed by atoms with Crippen LogP contribution in [0, 0.1) is 0 Å². The molecular formula is C16H13ClO3. The normalized spacial score (nSPS) is 10.7. The third kappa shape index (κ3) is 3.39. The highest BCUT2D eigenvalue weighted by Crippen LogP contribution is 2.24. The van der Waals surface area contributed by atoms with Crippen LogP contribution in [0.15, 0.2) is 48.5 Å². The van der Waals surface area contributed by atoms with Crippen LogP contribution in [-0.4, -0.2) is 18.0 Å². The van der Waals surface area contributed by atoms with Crippen LogP contribution < -0.4 is 4.74 Å². The lowest BCUT2D eigenvalue weighted by Gasteiger charge is -2.03. The monoisotopic (exact) mass is 288 g/mol. The minimum atomic E-state index is -0.156. The average Bonchev–Trinajstić information content (AvgIpc) is 2.46. The predicted molar refractivity (Wildman–Crippen MR) is 79.5 cm³/mol. The Labute approximate surface area is 122 Å². The molecule has 0 heterocycles. The van der Waals surface area contributed by atoms with Crippen LogP contribution in [0.5, 0.6) is 11.5 Å². The van der Waals surface area contributed by atoms with E-state index in [9.17, 15) is 9.90 Å². The van der Waals surface area contributed by atoms with Crippen LogP contribution in [0.1, 0.15) is 15.9 Å². The van der Waals surface area contributed by atoms with E-state index in [4.69, 9.17) is 16.3 Å². The summed E-state index contributed by atoms with van der Waals surface area (Å²) in [6, 6.07) is 11.5. The van der Waals surface area contributed by atoms with Crippen molar-refractivity contribution in [3.63, 3.8) is 0 Å². The molecule has 0 amide bonds. The Morgan fingerprint density at radius 2 is 1.90 bits per heavy atom. The maximum atomic E-state index is 11.9. The third-order valence-electron chi connectivity index (χ3n) is 2.78.